The predicted molar refractivity (Wildman–Crippen MR) is 92.9 cm³/mol. The molecule has 112 valence electrons. The lowest BCUT2D eigenvalue weighted by Gasteiger charge is -2.34. The smallest absolute Gasteiger partial charge is 0.232 e. The molecule has 1 aliphatic heterocycles. The third-order valence-electron chi connectivity index (χ3n) is 4.40. The van der Waals surface area contributed by atoms with Gasteiger partial charge in [-0.25, -0.2) is 0 Å². The Kier molecular flexibility index (Phi) is 3.43. The van der Waals surface area contributed by atoms with Gasteiger partial charge in [0.2, 0.25) is 5.91 Å². The number of carbonyl (C=O) groups excluding carboxylic acids is 1. The SMILES string of the molecule is O=C1C[C@@H](c2ccccc2)c2ccccc2N1c1ccccc1. The van der Waals surface area contributed by atoms with Gasteiger partial charge in [-0.1, -0.05) is 66.7 Å². The number of anilines is 2. The molecule has 0 spiro atoms. The molecule has 1 aliphatic rings. The zero-order valence-corrected chi connectivity index (χ0v) is 12.7. The maximum atomic E-state index is 12.9. The van der Waals surface area contributed by atoms with E-state index in [-0.39, 0.29) is 11.8 Å². The number of carbonyl (C=O) groups is 1. The molecule has 3 aromatic rings. The summed E-state index contributed by atoms with van der Waals surface area (Å²) >= 11 is 0. The highest BCUT2D eigenvalue weighted by molar-refractivity contribution is 6.04. The second-order valence-corrected chi connectivity index (χ2v) is 5.79. The first-order chi connectivity index (χ1) is 11.3. The first-order valence-corrected chi connectivity index (χ1v) is 7.86. The Balaban J connectivity index is 1.85. The second-order valence-electron chi connectivity index (χ2n) is 5.79. The largest absolute Gasteiger partial charge is 0.281 e. The Labute approximate surface area is 136 Å². The number of rotatable bonds is 2. The average Bonchev–Trinajstić information content (AvgIpc) is 2.62. The van der Waals surface area contributed by atoms with E-state index in [0.29, 0.717) is 6.42 Å². The van der Waals surface area contributed by atoms with Crippen LogP contribution in [0.25, 0.3) is 0 Å². The summed E-state index contributed by atoms with van der Waals surface area (Å²) in [5.74, 6) is 0.267. The zero-order chi connectivity index (χ0) is 15.6. The van der Waals surface area contributed by atoms with Crippen molar-refractivity contribution in [2.24, 2.45) is 0 Å². The Morgan fingerprint density at radius 1 is 0.739 bits per heavy atom. The lowest BCUT2D eigenvalue weighted by molar-refractivity contribution is -0.118. The first kappa shape index (κ1) is 13.8. The van der Waals surface area contributed by atoms with E-state index in [1.165, 1.54) is 11.1 Å². The van der Waals surface area contributed by atoms with Gasteiger partial charge in [0.05, 0.1) is 5.69 Å². The van der Waals surface area contributed by atoms with Crippen molar-refractivity contribution in [1.29, 1.82) is 0 Å². The van der Waals surface area contributed by atoms with E-state index in [0.717, 1.165) is 11.4 Å². The maximum Gasteiger partial charge on any atom is 0.232 e. The van der Waals surface area contributed by atoms with Crippen molar-refractivity contribution in [3.8, 4) is 0 Å². The molecule has 0 aromatic heterocycles. The van der Waals surface area contributed by atoms with Gasteiger partial charge in [-0.2, -0.15) is 0 Å². The molecular formula is C21H17NO. The molecule has 0 fully saturated rings. The molecule has 0 aliphatic carbocycles. The van der Waals surface area contributed by atoms with Crippen molar-refractivity contribution in [2.45, 2.75) is 12.3 Å². The summed E-state index contributed by atoms with van der Waals surface area (Å²) in [6.07, 6.45) is 0.496. The minimum Gasteiger partial charge on any atom is -0.281 e. The summed E-state index contributed by atoms with van der Waals surface area (Å²) in [5, 5.41) is 0. The Morgan fingerprint density at radius 2 is 1.35 bits per heavy atom. The first-order valence-electron chi connectivity index (χ1n) is 7.86. The molecule has 0 radical (unpaired) electrons. The van der Waals surface area contributed by atoms with E-state index < -0.39 is 0 Å². The van der Waals surface area contributed by atoms with Crippen LogP contribution < -0.4 is 4.90 Å². The lowest BCUT2D eigenvalue weighted by atomic mass is 9.84. The summed E-state index contributed by atoms with van der Waals surface area (Å²) in [5.41, 5.74) is 4.32. The number of amides is 1. The molecule has 2 nitrogen and oxygen atoms in total. The fourth-order valence-corrected chi connectivity index (χ4v) is 3.34. The van der Waals surface area contributed by atoms with Crippen LogP contribution in [0.5, 0.6) is 0 Å². The quantitative estimate of drug-likeness (QED) is 0.660. The highest BCUT2D eigenvalue weighted by Gasteiger charge is 2.32. The molecule has 0 saturated carbocycles. The van der Waals surface area contributed by atoms with Crippen LogP contribution in [0.3, 0.4) is 0 Å². The summed E-state index contributed by atoms with van der Waals surface area (Å²) < 4.78 is 0. The molecule has 2 heteroatoms. The fourth-order valence-electron chi connectivity index (χ4n) is 3.34. The molecular weight excluding hydrogens is 282 g/mol. The summed E-state index contributed by atoms with van der Waals surface area (Å²) in [6, 6.07) is 28.4. The van der Waals surface area contributed by atoms with Crippen LogP contribution in [0.1, 0.15) is 23.5 Å². The van der Waals surface area contributed by atoms with Crippen LogP contribution in [0.15, 0.2) is 84.9 Å². The Bertz CT molecular complexity index is 827. The summed E-state index contributed by atoms with van der Waals surface area (Å²) in [6.45, 7) is 0. The van der Waals surface area contributed by atoms with Crippen molar-refractivity contribution in [3.05, 3.63) is 96.1 Å². The number of para-hydroxylation sites is 2. The van der Waals surface area contributed by atoms with E-state index in [1.807, 2.05) is 71.6 Å². The van der Waals surface area contributed by atoms with Crippen LogP contribution in [0.4, 0.5) is 11.4 Å². The molecule has 0 unspecified atom stereocenters. The fraction of sp³-hybridized carbons (Fsp3) is 0.0952. The molecule has 1 heterocycles. The van der Waals surface area contributed by atoms with Crippen molar-refractivity contribution < 1.29 is 4.79 Å². The van der Waals surface area contributed by atoms with Crippen LogP contribution in [-0.2, 0) is 4.79 Å². The van der Waals surface area contributed by atoms with Crippen LogP contribution in [0, 0.1) is 0 Å². The van der Waals surface area contributed by atoms with Gasteiger partial charge >= 0.3 is 0 Å². The van der Waals surface area contributed by atoms with Gasteiger partial charge in [0.25, 0.3) is 0 Å². The molecule has 3 aromatic carbocycles. The monoisotopic (exact) mass is 299 g/mol. The molecule has 0 N–H and O–H groups in total. The molecule has 0 saturated heterocycles. The van der Waals surface area contributed by atoms with Gasteiger partial charge in [-0.3, -0.25) is 9.69 Å². The van der Waals surface area contributed by atoms with E-state index in [9.17, 15) is 4.79 Å². The van der Waals surface area contributed by atoms with Crippen molar-refractivity contribution in [3.63, 3.8) is 0 Å². The minimum absolute atomic E-state index is 0.125. The molecule has 1 atom stereocenters. The third kappa shape index (κ3) is 2.42. The highest BCUT2D eigenvalue weighted by atomic mass is 16.2. The van der Waals surface area contributed by atoms with E-state index in [2.05, 4.69) is 18.2 Å². The van der Waals surface area contributed by atoms with Crippen molar-refractivity contribution >= 4 is 17.3 Å². The second kappa shape index (κ2) is 5.73. The molecule has 23 heavy (non-hydrogen) atoms. The topological polar surface area (TPSA) is 20.3 Å². The maximum absolute atomic E-state index is 12.9. The van der Waals surface area contributed by atoms with Gasteiger partial charge in [-0.05, 0) is 29.3 Å². The summed E-state index contributed by atoms with van der Waals surface area (Å²) in [4.78, 5) is 14.7. The van der Waals surface area contributed by atoms with Gasteiger partial charge < -0.3 is 0 Å². The van der Waals surface area contributed by atoms with Gasteiger partial charge in [0, 0.05) is 18.0 Å². The standard InChI is InChI=1S/C21H17NO/c23-21-15-19(16-9-3-1-4-10-16)18-13-7-8-14-20(18)22(21)17-11-5-2-6-12-17/h1-14,19H,15H2/t19-/m0/s1. The Hall–Kier alpha value is -2.87. The normalized spacial score (nSPS) is 17.0. The minimum atomic E-state index is 0.125. The molecule has 4 rings (SSSR count). The lowest BCUT2D eigenvalue weighted by Crippen LogP contribution is -2.33. The van der Waals surface area contributed by atoms with Crippen LogP contribution in [0.2, 0.25) is 0 Å². The zero-order valence-electron chi connectivity index (χ0n) is 12.7. The van der Waals surface area contributed by atoms with Crippen LogP contribution >= 0.6 is 0 Å². The number of hydrogen-bond donors (Lipinski definition) is 0. The van der Waals surface area contributed by atoms with E-state index in [4.69, 9.17) is 0 Å². The van der Waals surface area contributed by atoms with Crippen LogP contribution in [-0.4, -0.2) is 5.91 Å². The van der Waals surface area contributed by atoms with Gasteiger partial charge in [0.15, 0.2) is 0 Å². The van der Waals surface area contributed by atoms with Gasteiger partial charge in [0.1, 0.15) is 0 Å². The summed E-state index contributed by atoms with van der Waals surface area (Å²) in [7, 11) is 0. The molecule has 0 bridgehead atoms. The highest BCUT2D eigenvalue weighted by Crippen LogP contribution is 2.42. The number of fused-ring (bicyclic) bond motifs is 1. The molecule has 1 amide bonds. The predicted octanol–water partition coefficient (Wildman–Crippen LogP) is 4.89. The van der Waals surface area contributed by atoms with E-state index in [1.54, 1.807) is 0 Å². The van der Waals surface area contributed by atoms with Gasteiger partial charge in [-0.15, -0.1) is 0 Å². The number of benzene rings is 3. The Morgan fingerprint density at radius 3 is 2.09 bits per heavy atom. The third-order valence-corrected chi connectivity index (χ3v) is 4.40. The van der Waals surface area contributed by atoms with Crippen molar-refractivity contribution in [2.75, 3.05) is 4.90 Å². The number of hydrogen-bond acceptors (Lipinski definition) is 1. The number of nitrogens with zero attached hydrogens (tertiary/aromatic N) is 1. The van der Waals surface area contributed by atoms with E-state index >= 15 is 0 Å². The average molecular weight is 299 g/mol. The van der Waals surface area contributed by atoms with Crippen molar-refractivity contribution in [1.82, 2.24) is 0 Å².